The molecule has 3 heteroatoms. The molecule has 0 aromatic heterocycles. The van der Waals surface area contributed by atoms with E-state index in [0.717, 1.165) is 19.4 Å². The average Bonchev–Trinajstić information content (AvgIpc) is 2.40. The van der Waals surface area contributed by atoms with E-state index in [0.29, 0.717) is 30.6 Å². The van der Waals surface area contributed by atoms with Gasteiger partial charge < -0.3 is 4.74 Å². The molecule has 0 atom stereocenters. The molecule has 0 aromatic carbocycles. The first-order chi connectivity index (χ1) is 11.8. The number of carbonyl (C=O) groups excluding carboxylic acids is 2. The Labute approximate surface area is 170 Å². The van der Waals surface area contributed by atoms with Gasteiger partial charge in [-0.15, -0.1) is 0 Å². The summed E-state index contributed by atoms with van der Waals surface area (Å²) in [5.41, 5.74) is 0.202. The van der Waals surface area contributed by atoms with Crippen LogP contribution in [0.4, 0.5) is 0 Å². The summed E-state index contributed by atoms with van der Waals surface area (Å²) in [6, 6.07) is 0. The average molecular weight is 385 g/mol. The van der Waals surface area contributed by atoms with Crippen molar-refractivity contribution in [2.24, 2.45) is 21.7 Å². The van der Waals surface area contributed by atoms with E-state index in [1.54, 1.807) is 0 Å². The molecule has 0 unspecified atom stereocenters. The molecule has 162 valence electrons. The van der Waals surface area contributed by atoms with E-state index >= 15 is 0 Å². The van der Waals surface area contributed by atoms with Crippen LogP contribution in [-0.2, 0) is 14.3 Å². The van der Waals surface area contributed by atoms with Crippen LogP contribution in [0, 0.1) is 21.7 Å². The number of hydrogen-bond acceptors (Lipinski definition) is 3. The second-order valence-electron chi connectivity index (χ2n) is 12.1. The molecule has 0 aliphatic carbocycles. The molecule has 0 N–H and O–H groups in total. The summed E-state index contributed by atoms with van der Waals surface area (Å²) in [6.45, 7) is 26.2. The maximum absolute atomic E-state index is 11.5. The summed E-state index contributed by atoms with van der Waals surface area (Å²) in [6.07, 6.45) is 3.28. The maximum Gasteiger partial charge on any atom is 0.140 e. The molecule has 0 amide bonds. The highest BCUT2D eigenvalue weighted by molar-refractivity contribution is 5.84. The number of ether oxygens (including phenoxy) is 1. The molecule has 27 heavy (non-hydrogen) atoms. The summed E-state index contributed by atoms with van der Waals surface area (Å²) in [5.74, 6) is 0.649. The van der Waals surface area contributed by atoms with Gasteiger partial charge in [-0.3, -0.25) is 9.59 Å². The van der Waals surface area contributed by atoms with Crippen LogP contribution in [0.15, 0.2) is 0 Å². The second kappa shape index (κ2) is 11.3. The molecule has 0 spiro atoms. The monoisotopic (exact) mass is 384 g/mol. The lowest BCUT2D eigenvalue weighted by atomic mass is 9.83. The fraction of sp³-hybridized carbons (Fsp3) is 0.917. The van der Waals surface area contributed by atoms with E-state index in [-0.39, 0.29) is 22.0 Å². The fourth-order valence-corrected chi connectivity index (χ4v) is 1.88. The number of carbonyl (C=O) groups is 2. The van der Waals surface area contributed by atoms with Crippen molar-refractivity contribution in [3.05, 3.63) is 0 Å². The van der Waals surface area contributed by atoms with E-state index in [2.05, 4.69) is 41.5 Å². The zero-order valence-corrected chi connectivity index (χ0v) is 20.5. The third-order valence-electron chi connectivity index (χ3n) is 4.24. The molecule has 0 aliphatic rings. The van der Waals surface area contributed by atoms with Gasteiger partial charge in [0.15, 0.2) is 0 Å². The minimum absolute atomic E-state index is 0.161. The normalized spacial score (nSPS) is 13.0. The van der Waals surface area contributed by atoms with Gasteiger partial charge in [0.25, 0.3) is 0 Å². The lowest BCUT2D eigenvalue weighted by molar-refractivity contribution is -0.127. The maximum atomic E-state index is 11.5. The SMILES string of the molecule is CC(C)(C)CCC(=O)C(C)(C)C.CC(C)(C)CCOCCC(=O)C(C)(C)C. The van der Waals surface area contributed by atoms with Gasteiger partial charge in [-0.05, 0) is 23.7 Å². The second-order valence-corrected chi connectivity index (χ2v) is 12.1. The summed E-state index contributed by atoms with van der Waals surface area (Å²) in [4.78, 5) is 23.1. The third-order valence-corrected chi connectivity index (χ3v) is 4.24. The summed E-state index contributed by atoms with van der Waals surface area (Å²) in [7, 11) is 0. The highest BCUT2D eigenvalue weighted by Crippen LogP contribution is 2.25. The lowest BCUT2D eigenvalue weighted by Crippen LogP contribution is -2.21. The molecular formula is C24H48O3. The zero-order valence-electron chi connectivity index (χ0n) is 20.5. The number of Topliss-reactive ketones (excluding diaryl/α,β-unsaturated/α-hetero) is 2. The van der Waals surface area contributed by atoms with Gasteiger partial charge in [-0.1, -0.05) is 83.1 Å². The molecule has 0 rings (SSSR count). The van der Waals surface area contributed by atoms with Gasteiger partial charge in [-0.2, -0.15) is 0 Å². The van der Waals surface area contributed by atoms with E-state index in [4.69, 9.17) is 4.74 Å². The molecule has 0 saturated carbocycles. The Morgan fingerprint density at radius 2 is 0.926 bits per heavy atom. The first-order valence-electron chi connectivity index (χ1n) is 10.4. The van der Waals surface area contributed by atoms with Crippen LogP contribution in [0.3, 0.4) is 0 Å². The molecule has 0 heterocycles. The first-order valence-corrected chi connectivity index (χ1v) is 10.4. The minimum Gasteiger partial charge on any atom is -0.381 e. The number of rotatable bonds is 7. The van der Waals surface area contributed by atoms with Gasteiger partial charge in [0.1, 0.15) is 11.6 Å². The molecule has 0 bridgehead atoms. The van der Waals surface area contributed by atoms with Crippen molar-refractivity contribution >= 4 is 11.6 Å². The number of ketones is 2. The van der Waals surface area contributed by atoms with E-state index in [1.807, 2.05) is 41.5 Å². The van der Waals surface area contributed by atoms with Crippen LogP contribution < -0.4 is 0 Å². The highest BCUT2D eigenvalue weighted by Gasteiger charge is 2.23. The molecule has 0 saturated heterocycles. The lowest BCUT2D eigenvalue weighted by Gasteiger charge is -2.21. The predicted octanol–water partition coefficient (Wildman–Crippen LogP) is 6.87. The van der Waals surface area contributed by atoms with Crippen LogP contribution in [0.5, 0.6) is 0 Å². The summed E-state index contributed by atoms with van der Waals surface area (Å²) < 4.78 is 5.45. The molecular weight excluding hydrogens is 336 g/mol. The molecule has 0 aliphatic heterocycles. The van der Waals surface area contributed by atoms with Crippen molar-refractivity contribution < 1.29 is 14.3 Å². The van der Waals surface area contributed by atoms with Crippen molar-refractivity contribution in [2.75, 3.05) is 13.2 Å². The fourth-order valence-electron chi connectivity index (χ4n) is 1.88. The van der Waals surface area contributed by atoms with E-state index in [9.17, 15) is 9.59 Å². The minimum atomic E-state index is -0.229. The summed E-state index contributed by atoms with van der Waals surface area (Å²) in [5, 5.41) is 0. The van der Waals surface area contributed by atoms with Crippen LogP contribution >= 0.6 is 0 Å². The van der Waals surface area contributed by atoms with Gasteiger partial charge >= 0.3 is 0 Å². The van der Waals surface area contributed by atoms with Crippen molar-refractivity contribution in [1.82, 2.24) is 0 Å². The third kappa shape index (κ3) is 19.9. The Bertz CT molecular complexity index is 434. The van der Waals surface area contributed by atoms with Crippen molar-refractivity contribution in [2.45, 2.75) is 109 Å². The van der Waals surface area contributed by atoms with Gasteiger partial charge in [0.2, 0.25) is 0 Å². The molecule has 0 fully saturated rings. The smallest absolute Gasteiger partial charge is 0.140 e. The van der Waals surface area contributed by atoms with Gasteiger partial charge in [0.05, 0.1) is 6.61 Å². The Morgan fingerprint density at radius 1 is 0.556 bits per heavy atom. The van der Waals surface area contributed by atoms with Crippen LogP contribution in [-0.4, -0.2) is 24.8 Å². The molecule has 0 radical (unpaired) electrons. The van der Waals surface area contributed by atoms with Crippen molar-refractivity contribution in [3.8, 4) is 0 Å². The number of hydrogen-bond donors (Lipinski definition) is 0. The van der Waals surface area contributed by atoms with E-state index < -0.39 is 0 Å². The first kappa shape index (κ1) is 28.5. The highest BCUT2D eigenvalue weighted by atomic mass is 16.5. The quantitative estimate of drug-likeness (QED) is 0.450. The van der Waals surface area contributed by atoms with Gasteiger partial charge in [0, 0.05) is 30.3 Å². The van der Waals surface area contributed by atoms with Gasteiger partial charge in [-0.25, -0.2) is 0 Å². The van der Waals surface area contributed by atoms with Crippen molar-refractivity contribution in [1.29, 1.82) is 0 Å². The summed E-state index contributed by atoms with van der Waals surface area (Å²) >= 11 is 0. The predicted molar refractivity (Wildman–Crippen MR) is 117 cm³/mol. The largest absolute Gasteiger partial charge is 0.381 e. The Balaban J connectivity index is 0. The van der Waals surface area contributed by atoms with Crippen LogP contribution in [0.25, 0.3) is 0 Å². The molecule has 3 nitrogen and oxygen atoms in total. The van der Waals surface area contributed by atoms with Crippen LogP contribution in [0.1, 0.15) is 109 Å². The standard InChI is InChI=1S/C13H26O2.C11H22O/c1-12(2,3)8-10-15-9-7-11(14)13(4,5)6;1-10(2,3)8-7-9(12)11(4,5)6/h7-10H2,1-6H3;7-8H2,1-6H3. The Hall–Kier alpha value is -0.700. The van der Waals surface area contributed by atoms with Crippen molar-refractivity contribution in [3.63, 3.8) is 0 Å². The van der Waals surface area contributed by atoms with E-state index in [1.165, 1.54) is 0 Å². The Morgan fingerprint density at radius 3 is 1.26 bits per heavy atom. The Kier molecular flexibility index (Phi) is 12.0. The zero-order chi connectivity index (χ0) is 22.1. The topological polar surface area (TPSA) is 43.4 Å². The van der Waals surface area contributed by atoms with Crippen LogP contribution in [0.2, 0.25) is 0 Å². The molecule has 0 aromatic rings.